The number of rotatable bonds is 3. The third kappa shape index (κ3) is 2.98. The summed E-state index contributed by atoms with van der Waals surface area (Å²) in [6, 6.07) is 0. The number of aromatic nitrogens is 2. The first-order chi connectivity index (χ1) is 10.1. The first kappa shape index (κ1) is 14.6. The highest BCUT2D eigenvalue weighted by Gasteiger charge is 2.39. The summed E-state index contributed by atoms with van der Waals surface area (Å²) in [5.74, 6) is 1.51. The number of aryl methyl sites for hydroxylation is 1. The topological polar surface area (TPSA) is 58.4 Å². The molecule has 1 atom stereocenters. The third-order valence-corrected chi connectivity index (χ3v) is 4.99. The van der Waals surface area contributed by atoms with E-state index in [0.29, 0.717) is 18.8 Å². The lowest BCUT2D eigenvalue weighted by Crippen LogP contribution is -2.50. The summed E-state index contributed by atoms with van der Waals surface area (Å²) in [4.78, 5) is 18.6. The normalized spacial score (nSPS) is 24.4. The molecule has 0 saturated heterocycles. The molecule has 5 nitrogen and oxygen atoms in total. The van der Waals surface area contributed by atoms with Crippen LogP contribution >= 0.6 is 0 Å². The zero-order chi connectivity index (χ0) is 14.9. The average Bonchev–Trinajstić information content (AvgIpc) is 2.94. The standard InChI is InChI=1S/C16H25N3O2/c1-18(15(20)16(21)7-3-2-4-8-16)11-13-5-6-14-17-9-10-19(14)12-13/h9-10,13,21H,2-8,11-12H2,1H3. The van der Waals surface area contributed by atoms with Crippen molar-refractivity contribution in [3.8, 4) is 0 Å². The van der Waals surface area contributed by atoms with E-state index in [1.54, 1.807) is 4.90 Å². The Hall–Kier alpha value is -1.36. The number of hydrogen-bond donors (Lipinski definition) is 1. The molecule has 116 valence electrons. The maximum Gasteiger partial charge on any atom is 0.254 e. The summed E-state index contributed by atoms with van der Waals surface area (Å²) in [5.41, 5.74) is -1.11. The van der Waals surface area contributed by atoms with E-state index in [-0.39, 0.29) is 5.91 Å². The molecule has 2 aliphatic rings. The van der Waals surface area contributed by atoms with Gasteiger partial charge in [0.1, 0.15) is 11.4 Å². The van der Waals surface area contributed by atoms with E-state index in [2.05, 4.69) is 9.55 Å². The van der Waals surface area contributed by atoms with E-state index in [4.69, 9.17) is 0 Å². The summed E-state index contributed by atoms with van der Waals surface area (Å²) in [5, 5.41) is 10.6. The minimum Gasteiger partial charge on any atom is -0.380 e. The Labute approximate surface area is 126 Å². The predicted molar refractivity (Wildman–Crippen MR) is 79.7 cm³/mol. The summed E-state index contributed by atoms with van der Waals surface area (Å²) in [7, 11) is 1.83. The average molecular weight is 291 g/mol. The van der Waals surface area contributed by atoms with E-state index in [1.165, 1.54) is 0 Å². The zero-order valence-electron chi connectivity index (χ0n) is 12.8. The second-order valence-corrected chi connectivity index (χ2v) is 6.68. The molecule has 1 aliphatic carbocycles. The molecular formula is C16H25N3O2. The van der Waals surface area contributed by atoms with Crippen LogP contribution in [0.3, 0.4) is 0 Å². The molecule has 1 aliphatic heterocycles. The molecule has 3 rings (SSSR count). The van der Waals surface area contributed by atoms with E-state index in [1.807, 2.05) is 19.4 Å². The van der Waals surface area contributed by atoms with Gasteiger partial charge < -0.3 is 14.6 Å². The predicted octanol–water partition coefficient (Wildman–Crippen LogP) is 1.60. The number of likely N-dealkylation sites (N-methyl/N-ethyl adjacent to an activating group) is 1. The molecule has 1 amide bonds. The molecule has 1 saturated carbocycles. The highest BCUT2D eigenvalue weighted by molar-refractivity contribution is 5.84. The number of carbonyl (C=O) groups is 1. The number of nitrogens with zero attached hydrogens (tertiary/aromatic N) is 3. The summed E-state index contributed by atoms with van der Waals surface area (Å²) in [6.45, 7) is 1.64. The Bertz CT molecular complexity index is 505. The van der Waals surface area contributed by atoms with Crippen LogP contribution in [0.5, 0.6) is 0 Å². The fourth-order valence-corrected chi connectivity index (χ4v) is 3.76. The van der Waals surface area contributed by atoms with Gasteiger partial charge in [0.05, 0.1) is 0 Å². The van der Waals surface area contributed by atoms with Crippen LogP contribution in [0, 0.1) is 5.92 Å². The zero-order valence-corrected chi connectivity index (χ0v) is 12.8. The van der Waals surface area contributed by atoms with Crippen molar-refractivity contribution in [1.82, 2.24) is 14.5 Å². The molecule has 1 fully saturated rings. The van der Waals surface area contributed by atoms with Gasteiger partial charge in [0, 0.05) is 39.0 Å². The van der Waals surface area contributed by atoms with Gasteiger partial charge in [-0.25, -0.2) is 4.98 Å². The second-order valence-electron chi connectivity index (χ2n) is 6.68. The maximum absolute atomic E-state index is 12.5. The second kappa shape index (κ2) is 5.79. The number of imidazole rings is 1. The number of aliphatic hydroxyl groups is 1. The van der Waals surface area contributed by atoms with Gasteiger partial charge in [0.2, 0.25) is 0 Å². The number of hydrogen-bond acceptors (Lipinski definition) is 3. The maximum atomic E-state index is 12.5. The van der Waals surface area contributed by atoms with E-state index >= 15 is 0 Å². The summed E-state index contributed by atoms with van der Waals surface area (Å²) < 4.78 is 2.18. The van der Waals surface area contributed by atoms with Crippen LogP contribution in [0.4, 0.5) is 0 Å². The number of carbonyl (C=O) groups excluding carboxylic acids is 1. The van der Waals surface area contributed by atoms with Crippen LogP contribution in [0.2, 0.25) is 0 Å². The first-order valence-corrected chi connectivity index (χ1v) is 8.06. The van der Waals surface area contributed by atoms with Crippen molar-refractivity contribution in [2.45, 2.75) is 57.1 Å². The summed E-state index contributed by atoms with van der Waals surface area (Å²) in [6.07, 6.45) is 10.2. The van der Waals surface area contributed by atoms with Crippen LogP contribution in [0.25, 0.3) is 0 Å². The van der Waals surface area contributed by atoms with Gasteiger partial charge in [-0.2, -0.15) is 0 Å². The van der Waals surface area contributed by atoms with Crippen molar-refractivity contribution >= 4 is 5.91 Å². The molecule has 21 heavy (non-hydrogen) atoms. The van der Waals surface area contributed by atoms with Gasteiger partial charge in [-0.3, -0.25) is 4.79 Å². The fourth-order valence-electron chi connectivity index (χ4n) is 3.76. The molecule has 1 unspecified atom stereocenters. The van der Waals surface area contributed by atoms with Crippen LogP contribution < -0.4 is 0 Å². The van der Waals surface area contributed by atoms with Crippen LogP contribution in [0.15, 0.2) is 12.4 Å². The number of fused-ring (bicyclic) bond motifs is 1. The Balaban J connectivity index is 1.59. The van der Waals surface area contributed by atoms with Crippen molar-refractivity contribution in [3.63, 3.8) is 0 Å². The van der Waals surface area contributed by atoms with Crippen LogP contribution in [0.1, 0.15) is 44.3 Å². The van der Waals surface area contributed by atoms with Gasteiger partial charge in [-0.1, -0.05) is 19.3 Å². The molecule has 1 aromatic rings. The largest absolute Gasteiger partial charge is 0.380 e. The van der Waals surface area contributed by atoms with Gasteiger partial charge in [0.15, 0.2) is 0 Å². The van der Waals surface area contributed by atoms with Gasteiger partial charge in [0.25, 0.3) is 5.91 Å². The lowest BCUT2D eigenvalue weighted by molar-refractivity contribution is -0.154. The lowest BCUT2D eigenvalue weighted by Gasteiger charge is -2.36. The van der Waals surface area contributed by atoms with E-state index in [0.717, 1.165) is 51.0 Å². The SMILES string of the molecule is CN(CC1CCc2nccn2C1)C(=O)C1(O)CCCCC1. The van der Waals surface area contributed by atoms with Crippen molar-refractivity contribution in [2.75, 3.05) is 13.6 Å². The molecule has 0 aromatic carbocycles. The van der Waals surface area contributed by atoms with Crippen LogP contribution in [-0.4, -0.2) is 44.7 Å². The molecule has 1 N–H and O–H groups in total. The first-order valence-electron chi connectivity index (χ1n) is 8.06. The third-order valence-electron chi connectivity index (χ3n) is 4.99. The lowest BCUT2D eigenvalue weighted by atomic mass is 9.83. The van der Waals surface area contributed by atoms with Gasteiger partial charge in [-0.15, -0.1) is 0 Å². The van der Waals surface area contributed by atoms with Gasteiger partial charge >= 0.3 is 0 Å². The van der Waals surface area contributed by atoms with E-state index < -0.39 is 5.60 Å². The fraction of sp³-hybridized carbons (Fsp3) is 0.750. The molecule has 0 bridgehead atoms. The quantitative estimate of drug-likeness (QED) is 0.920. The molecule has 0 radical (unpaired) electrons. The highest BCUT2D eigenvalue weighted by atomic mass is 16.3. The van der Waals surface area contributed by atoms with Crippen molar-refractivity contribution in [1.29, 1.82) is 0 Å². The molecule has 2 heterocycles. The molecule has 1 aromatic heterocycles. The molecule has 0 spiro atoms. The van der Waals surface area contributed by atoms with Crippen molar-refractivity contribution < 1.29 is 9.90 Å². The Morgan fingerprint density at radius 3 is 3.00 bits per heavy atom. The van der Waals surface area contributed by atoms with Crippen LogP contribution in [-0.2, 0) is 17.8 Å². The van der Waals surface area contributed by atoms with E-state index in [9.17, 15) is 9.90 Å². The Kier molecular flexibility index (Phi) is 4.02. The number of amides is 1. The summed E-state index contributed by atoms with van der Waals surface area (Å²) >= 11 is 0. The molecular weight excluding hydrogens is 266 g/mol. The Morgan fingerprint density at radius 1 is 1.48 bits per heavy atom. The highest BCUT2D eigenvalue weighted by Crippen LogP contribution is 2.30. The minimum atomic E-state index is -1.11. The minimum absolute atomic E-state index is 0.0846. The van der Waals surface area contributed by atoms with Crippen molar-refractivity contribution in [3.05, 3.63) is 18.2 Å². The smallest absolute Gasteiger partial charge is 0.254 e. The van der Waals surface area contributed by atoms with Crippen molar-refractivity contribution in [2.24, 2.45) is 5.92 Å². The Morgan fingerprint density at radius 2 is 2.24 bits per heavy atom. The molecule has 5 heteroatoms. The monoisotopic (exact) mass is 291 g/mol. The van der Waals surface area contributed by atoms with Gasteiger partial charge in [-0.05, 0) is 25.2 Å².